The number of methoxy groups -OCH3 is 4. The highest BCUT2D eigenvalue weighted by Gasteiger charge is 2.29. The first-order chi connectivity index (χ1) is 35.8. The SMILES string of the molecule is C=CCc1cc2ccccc2c(-c2c(OC)c(CC(NC(C)=O)C(=O)O)cc3ccccc23)c1OC.C=CCc1cc2ccccc2c(-c2c(OC)c(CC(NC(C)=O)C(=O)OCC)cc3ccccc23)c1OC. The van der Waals surface area contributed by atoms with Gasteiger partial charge < -0.3 is 39.4 Å². The lowest BCUT2D eigenvalue weighted by Gasteiger charge is -2.23. The quantitative estimate of drug-likeness (QED) is 0.0526. The van der Waals surface area contributed by atoms with Crippen LogP contribution in [0, 0.1) is 0 Å². The van der Waals surface area contributed by atoms with Gasteiger partial charge in [0.1, 0.15) is 35.1 Å². The Bertz CT molecular complexity index is 3430. The van der Waals surface area contributed by atoms with Gasteiger partial charge in [-0.25, -0.2) is 9.59 Å². The molecule has 2 unspecified atom stereocenters. The van der Waals surface area contributed by atoms with Crippen molar-refractivity contribution < 1.29 is 48.0 Å². The number of aliphatic carboxylic acids is 1. The molecule has 0 aliphatic rings. The summed E-state index contributed by atoms with van der Waals surface area (Å²) in [6.07, 6.45) is 5.21. The number of amides is 2. The molecule has 8 rings (SSSR count). The maximum atomic E-state index is 12.8. The van der Waals surface area contributed by atoms with E-state index < -0.39 is 29.9 Å². The highest BCUT2D eigenvalue weighted by atomic mass is 16.5. The number of carboxylic acids is 1. The third-order valence-corrected chi connectivity index (χ3v) is 12.8. The molecule has 8 aromatic carbocycles. The molecule has 0 saturated carbocycles. The van der Waals surface area contributed by atoms with Gasteiger partial charge in [-0.2, -0.15) is 0 Å². The molecule has 74 heavy (non-hydrogen) atoms. The van der Waals surface area contributed by atoms with Gasteiger partial charge in [0.15, 0.2) is 0 Å². The predicted octanol–water partition coefficient (Wildman–Crippen LogP) is 11.6. The number of carbonyl (C=O) groups is 4. The van der Waals surface area contributed by atoms with Crippen LogP contribution in [-0.2, 0) is 49.6 Å². The van der Waals surface area contributed by atoms with Gasteiger partial charge in [0.05, 0.1) is 35.0 Å². The Labute approximate surface area is 431 Å². The van der Waals surface area contributed by atoms with Crippen molar-refractivity contribution in [2.24, 2.45) is 0 Å². The first-order valence-corrected chi connectivity index (χ1v) is 24.3. The van der Waals surface area contributed by atoms with Crippen molar-refractivity contribution in [1.82, 2.24) is 10.6 Å². The number of hydrogen-bond donors (Lipinski definition) is 3. The zero-order chi connectivity index (χ0) is 53.1. The molecule has 2 atom stereocenters. The van der Waals surface area contributed by atoms with Crippen LogP contribution in [0.1, 0.15) is 43.0 Å². The van der Waals surface area contributed by atoms with Crippen molar-refractivity contribution in [3.05, 3.63) is 169 Å². The minimum atomic E-state index is -1.11. The number of fused-ring (bicyclic) bond motifs is 4. The standard InChI is InChI=1S/C32H33NO5.C30H29NO5/c1-6-12-23-17-21-13-8-10-15-25(21)28(30(23)36-4)29-26-16-11-9-14-22(26)18-24(31(29)37-5)19-27(33-20(3)34)32(35)38-7-2;1-5-10-21-15-19-11-6-8-13-23(19)26(28(21)35-3)27-24-14-9-7-12-20(24)16-22(29(27)36-4)17-25(30(33)34)31-18(2)32/h6,8-11,13-18,27H,1,7,12,19H2,2-5H3,(H,33,34);5-9,11-16,25H,1,10,17H2,2-4H3,(H,31,32)(H,33,34). The van der Waals surface area contributed by atoms with Crippen LogP contribution in [0.3, 0.4) is 0 Å². The highest BCUT2D eigenvalue weighted by molar-refractivity contribution is 6.12. The van der Waals surface area contributed by atoms with Gasteiger partial charge in [-0.05, 0) is 109 Å². The molecule has 12 heteroatoms. The van der Waals surface area contributed by atoms with E-state index in [1.54, 1.807) is 35.4 Å². The molecule has 0 aliphatic carbocycles. The summed E-state index contributed by atoms with van der Waals surface area (Å²) in [7, 11) is 6.52. The number of allylic oxidation sites excluding steroid dienone is 2. The van der Waals surface area contributed by atoms with Gasteiger partial charge in [0.25, 0.3) is 0 Å². The smallest absolute Gasteiger partial charge is 0.328 e. The largest absolute Gasteiger partial charge is 0.496 e. The van der Waals surface area contributed by atoms with Crippen molar-refractivity contribution in [3.8, 4) is 45.3 Å². The summed E-state index contributed by atoms with van der Waals surface area (Å²) in [6.45, 7) is 12.5. The summed E-state index contributed by atoms with van der Waals surface area (Å²) in [5.41, 5.74) is 6.90. The van der Waals surface area contributed by atoms with Crippen LogP contribution in [-0.4, -0.2) is 76.0 Å². The molecule has 380 valence electrons. The van der Waals surface area contributed by atoms with E-state index in [2.05, 4.69) is 60.2 Å². The number of nitrogens with one attached hydrogen (secondary N) is 2. The molecule has 0 radical (unpaired) electrons. The van der Waals surface area contributed by atoms with Crippen LogP contribution in [0.5, 0.6) is 23.0 Å². The monoisotopic (exact) mass is 994 g/mol. The van der Waals surface area contributed by atoms with Crippen molar-refractivity contribution in [1.29, 1.82) is 0 Å². The van der Waals surface area contributed by atoms with Gasteiger partial charge in [0, 0.05) is 48.9 Å². The Morgan fingerprint density at radius 1 is 0.500 bits per heavy atom. The molecule has 0 aliphatic heterocycles. The van der Waals surface area contributed by atoms with Crippen LogP contribution in [0.4, 0.5) is 0 Å². The number of rotatable bonds is 19. The van der Waals surface area contributed by atoms with E-state index >= 15 is 0 Å². The molecule has 0 spiro atoms. The van der Waals surface area contributed by atoms with Crippen molar-refractivity contribution >= 4 is 66.8 Å². The van der Waals surface area contributed by atoms with E-state index in [4.69, 9.17) is 23.7 Å². The third kappa shape index (κ3) is 11.2. The zero-order valence-electron chi connectivity index (χ0n) is 42.9. The second kappa shape index (κ2) is 24.2. The van der Waals surface area contributed by atoms with Crippen LogP contribution in [0.25, 0.3) is 65.3 Å². The maximum absolute atomic E-state index is 12.8. The topological polar surface area (TPSA) is 159 Å². The second-order valence-corrected chi connectivity index (χ2v) is 17.7. The fourth-order valence-electron chi connectivity index (χ4n) is 9.96. The van der Waals surface area contributed by atoms with Gasteiger partial charge >= 0.3 is 11.9 Å². The van der Waals surface area contributed by atoms with Gasteiger partial charge in [0.2, 0.25) is 11.8 Å². The average molecular weight is 995 g/mol. The summed E-state index contributed by atoms with van der Waals surface area (Å²) >= 11 is 0. The summed E-state index contributed by atoms with van der Waals surface area (Å²) < 4.78 is 29.4. The number of carboxylic acid groups (broad SMARTS) is 1. The van der Waals surface area contributed by atoms with Crippen LogP contribution < -0.4 is 29.6 Å². The van der Waals surface area contributed by atoms with E-state index in [9.17, 15) is 24.3 Å². The van der Waals surface area contributed by atoms with Crippen LogP contribution in [0.15, 0.2) is 147 Å². The van der Waals surface area contributed by atoms with Gasteiger partial charge in [-0.15, -0.1) is 13.2 Å². The fraction of sp³-hybridized carbons (Fsp3) is 0.226. The number of esters is 1. The number of hydrogen-bond acceptors (Lipinski definition) is 9. The molecular weight excluding hydrogens is 933 g/mol. The summed E-state index contributed by atoms with van der Waals surface area (Å²) in [4.78, 5) is 48.4. The molecule has 0 aromatic heterocycles. The molecule has 0 bridgehead atoms. The Hall–Kier alpha value is -8.64. The molecular formula is C62H62N2O10. The maximum Gasteiger partial charge on any atom is 0.328 e. The van der Waals surface area contributed by atoms with Gasteiger partial charge in [-0.1, -0.05) is 109 Å². The number of benzene rings is 8. The molecule has 8 aromatic rings. The Morgan fingerprint density at radius 2 is 0.797 bits per heavy atom. The Balaban J connectivity index is 0.000000217. The molecule has 0 fully saturated rings. The first kappa shape index (κ1) is 53.2. The average Bonchev–Trinajstić information content (AvgIpc) is 3.40. The third-order valence-electron chi connectivity index (χ3n) is 12.8. The van der Waals surface area contributed by atoms with E-state index in [0.717, 1.165) is 87.8 Å². The van der Waals surface area contributed by atoms with Crippen LogP contribution >= 0.6 is 0 Å². The second-order valence-electron chi connectivity index (χ2n) is 17.7. The minimum Gasteiger partial charge on any atom is -0.496 e. The molecule has 3 N–H and O–H groups in total. The first-order valence-electron chi connectivity index (χ1n) is 24.3. The van der Waals surface area contributed by atoms with E-state index in [0.29, 0.717) is 35.7 Å². The molecule has 2 amide bonds. The number of carbonyl (C=O) groups excluding carboxylic acids is 3. The molecule has 0 heterocycles. The lowest BCUT2D eigenvalue weighted by Crippen LogP contribution is -2.42. The lowest BCUT2D eigenvalue weighted by molar-refractivity contribution is -0.147. The van der Waals surface area contributed by atoms with E-state index in [1.807, 2.05) is 97.1 Å². The fourth-order valence-corrected chi connectivity index (χ4v) is 9.96. The zero-order valence-corrected chi connectivity index (χ0v) is 42.9. The Morgan fingerprint density at radius 3 is 1.09 bits per heavy atom. The lowest BCUT2D eigenvalue weighted by atomic mass is 9.87. The van der Waals surface area contributed by atoms with E-state index in [1.165, 1.54) is 13.8 Å². The summed E-state index contributed by atoms with van der Waals surface area (Å²) in [5.74, 6) is 0.291. The molecule has 0 saturated heterocycles. The minimum absolute atomic E-state index is 0.0581. The van der Waals surface area contributed by atoms with Crippen LogP contribution in [0.2, 0.25) is 0 Å². The van der Waals surface area contributed by atoms with Crippen molar-refractivity contribution in [2.75, 3.05) is 35.0 Å². The summed E-state index contributed by atoms with van der Waals surface area (Å²) in [5, 5.41) is 23.0. The van der Waals surface area contributed by atoms with Crippen molar-refractivity contribution in [3.63, 3.8) is 0 Å². The highest BCUT2D eigenvalue weighted by Crippen LogP contribution is 2.50. The van der Waals surface area contributed by atoms with E-state index in [-0.39, 0.29) is 25.4 Å². The summed E-state index contributed by atoms with van der Waals surface area (Å²) in [6, 6.07) is 38.4. The van der Waals surface area contributed by atoms with Crippen molar-refractivity contribution in [2.45, 2.75) is 58.5 Å². The normalized spacial score (nSPS) is 11.7. The molecule has 12 nitrogen and oxygen atoms in total. The predicted molar refractivity (Wildman–Crippen MR) is 295 cm³/mol. The Kier molecular flexibility index (Phi) is 17.4. The number of ether oxygens (including phenoxy) is 5. The van der Waals surface area contributed by atoms with Gasteiger partial charge in [-0.3, -0.25) is 9.59 Å².